The number of piperidine rings is 1. The van der Waals surface area contributed by atoms with E-state index in [0.29, 0.717) is 13.1 Å². The highest BCUT2D eigenvalue weighted by atomic mass is 32.2. The molecule has 0 N–H and O–H groups in total. The summed E-state index contributed by atoms with van der Waals surface area (Å²) in [5.41, 5.74) is 1.07. The van der Waals surface area contributed by atoms with Crippen LogP contribution in [-0.2, 0) is 19.6 Å². The summed E-state index contributed by atoms with van der Waals surface area (Å²) in [4.78, 5) is 26.5. The SMILES string of the molecule is CC(c1ccccc1)N(C)C(=O)COC(=O)c1cccc(S(=O)(=O)N2CCCCC2)c1. The molecule has 2 aromatic carbocycles. The second-order valence-corrected chi connectivity index (χ2v) is 9.60. The molecule has 0 bridgehead atoms. The monoisotopic (exact) mass is 444 g/mol. The molecule has 1 amide bonds. The first-order chi connectivity index (χ1) is 14.8. The van der Waals surface area contributed by atoms with Crippen molar-refractivity contribution in [2.24, 2.45) is 0 Å². The number of amides is 1. The zero-order valence-corrected chi connectivity index (χ0v) is 18.7. The molecular formula is C23H28N2O5S. The maximum absolute atomic E-state index is 12.8. The lowest BCUT2D eigenvalue weighted by molar-refractivity contribution is -0.135. The number of carbonyl (C=O) groups excluding carboxylic acids is 2. The zero-order chi connectivity index (χ0) is 22.4. The lowest BCUT2D eigenvalue weighted by Crippen LogP contribution is -2.35. The van der Waals surface area contributed by atoms with Crippen LogP contribution < -0.4 is 0 Å². The molecule has 1 unspecified atom stereocenters. The summed E-state index contributed by atoms with van der Waals surface area (Å²) in [6, 6.07) is 15.2. The first-order valence-corrected chi connectivity index (χ1v) is 11.8. The van der Waals surface area contributed by atoms with Gasteiger partial charge in [-0.3, -0.25) is 4.79 Å². The summed E-state index contributed by atoms with van der Waals surface area (Å²) in [7, 11) is -2.00. The van der Waals surface area contributed by atoms with Gasteiger partial charge < -0.3 is 9.64 Å². The van der Waals surface area contributed by atoms with Gasteiger partial charge in [0.05, 0.1) is 16.5 Å². The summed E-state index contributed by atoms with van der Waals surface area (Å²) in [6.07, 6.45) is 2.68. The molecule has 1 aliphatic heterocycles. The lowest BCUT2D eigenvalue weighted by Gasteiger charge is -2.26. The molecule has 1 fully saturated rings. The van der Waals surface area contributed by atoms with Gasteiger partial charge >= 0.3 is 5.97 Å². The largest absolute Gasteiger partial charge is 0.452 e. The van der Waals surface area contributed by atoms with Crippen molar-refractivity contribution >= 4 is 21.9 Å². The number of sulfonamides is 1. The fourth-order valence-corrected chi connectivity index (χ4v) is 5.08. The second kappa shape index (κ2) is 10.1. The average Bonchev–Trinajstić information content (AvgIpc) is 2.82. The van der Waals surface area contributed by atoms with E-state index in [1.54, 1.807) is 7.05 Å². The van der Waals surface area contributed by atoms with Crippen LogP contribution in [0.15, 0.2) is 59.5 Å². The number of carbonyl (C=O) groups is 2. The molecule has 0 aromatic heterocycles. The number of benzene rings is 2. The first-order valence-electron chi connectivity index (χ1n) is 10.4. The Morgan fingerprint density at radius 1 is 1.03 bits per heavy atom. The van der Waals surface area contributed by atoms with Crippen LogP contribution in [0.5, 0.6) is 0 Å². The Balaban J connectivity index is 1.63. The van der Waals surface area contributed by atoms with E-state index in [4.69, 9.17) is 4.74 Å². The van der Waals surface area contributed by atoms with Gasteiger partial charge in [0.25, 0.3) is 5.91 Å². The molecule has 166 valence electrons. The van der Waals surface area contributed by atoms with Crippen molar-refractivity contribution in [1.82, 2.24) is 9.21 Å². The molecule has 31 heavy (non-hydrogen) atoms. The lowest BCUT2D eigenvalue weighted by atomic mass is 10.1. The molecule has 1 heterocycles. The van der Waals surface area contributed by atoms with Crippen molar-refractivity contribution in [1.29, 1.82) is 0 Å². The normalized spacial score (nSPS) is 15.8. The highest BCUT2D eigenvalue weighted by Crippen LogP contribution is 2.22. The van der Waals surface area contributed by atoms with E-state index in [1.165, 1.54) is 33.5 Å². The Kier molecular flexibility index (Phi) is 7.46. The number of hydrogen-bond acceptors (Lipinski definition) is 5. The molecule has 1 aliphatic rings. The van der Waals surface area contributed by atoms with E-state index in [2.05, 4.69) is 0 Å². The van der Waals surface area contributed by atoms with Gasteiger partial charge in [0.15, 0.2) is 6.61 Å². The minimum atomic E-state index is -3.65. The standard InChI is InChI=1S/C23H28N2O5S/c1-18(19-10-5-3-6-11-19)24(2)22(26)17-30-23(27)20-12-9-13-21(16-20)31(28,29)25-14-7-4-8-15-25/h3,5-6,9-13,16,18H,4,7-8,14-15,17H2,1-2H3. The van der Waals surface area contributed by atoms with Gasteiger partial charge in [0.2, 0.25) is 10.0 Å². The fourth-order valence-electron chi connectivity index (χ4n) is 3.52. The van der Waals surface area contributed by atoms with E-state index in [-0.39, 0.29) is 22.4 Å². The first kappa shape index (κ1) is 23.0. The van der Waals surface area contributed by atoms with Crippen LogP contribution >= 0.6 is 0 Å². The predicted octanol–water partition coefficient (Wildman–Crippen LogP) is 3.24. The molecule has 8 heteroatoms. The predicted molar refractivity (Wildman–Crippen MR) is 117 cm³/mol. The fraction of sp³-hybridized carbons (Fsp3) is 0.391. The average molecular weight is 445 g/mol. The van der Waals surface area contributed by atoms with E-state index in [0.717, 1.165) is 24.8 Å². The quantitative estimate of drug-likeness (QED) is 0.612. The molecular weight excluding hydrogens is 416 g/mol. The minimum absolute atomic E-state index is 0.0602. The van der Waals surface area contributed by atoms with E-state index < -0.39 is 22.6 Å². The number of ether oxygens (including phenoxy) is 1. The third-order valence-corrected chi connectivity index (χ3v) is 7.50. The third kappa shape index (κ3) is 5.51. The van der Waals surface area contributed by atoms with Crippen LogP contribution in [0.25, 0.3) is 0 Å². The van der Waals surface area contributed by atoms with Gasteiger partial charge in [-0.1, -0.05) is 42.8 Å². The highest BCUT2D eigenvalue weighted by Gasteiger charge is 2.27. The number of hydrogen-bond donors (Lipinski definition) is 0. The maximum Gasteiger partial charge on any atom is 0.338 e. The molecule has 0 aliphatic carbocycles. The molecule has 0 radical (unpaired) electrons. The van der Waals surface area contributed by atoms with Crippen LogP contribution in [0.2, 0.25) is 0 Å². The number of likely N-dealkylation sites (N-methyl/N-ethyl adjacent to an activating group) is 1. The van der Waals surface area contributed by atoms with Gasteiger partial charge in [-0.15, -0.1) is 0 Å². The molecule has 1 saturated heterocycles. The van der Waals surface area contributed by atoms with Crippen LogP contribution in [-0.4, -0.2) is 56.2 Å². The molecule has 3 rings (SSSR count). The minimum Gasteiger partial charge on any atom is -0.452 e. The molecule has 1 atom stereocenters. The topological polar surface area (TPSA) is 84.0 Å². The smallest absolute Gasteiger partial charge is 0.338 e. The van der Waals surface area contributed by atoms with E-state index >= 15 is 0 Å². The number of esters is 1. The summed E-state index contributed by atoms with van der Waals surface area (Å²) >= 11 is 0. The van der Waals surface area contributed by atoms with Crippen LogP contribution in [0.1, 0.15) is 48.1 Å². The maximum atomic E-state index is 12.8. The summed E-state index contributed by atoms with van der Waals surface area (Å²) in [5, 5.41) is 0. The molecule has 2 aromatic rings. The summed E-state index contributed by atoms with van der Waals surface area (Å²) in [6.45, 7) is 2.44. The molecule has 7 nitrogen and oxygen atoms in total. The van der Waals surface area contributed by atoms with Gasteiger partial charge in [0.1, 0.15) is 0 Å². The van der Waals surface area contributed by atoms with Crippen molar-refractivity contribution in [3.8, 4) is 0 Å². The van der Waals surface area contributed by atoms with Crippen LogP contribution in [0.3, 0.4) is 0 Å². The zero-order valence-electron chi connectivity index (χ0n) is 17.9. The van der Waals surface area contributed by atoms with E-state index in [1.807, 2.05) is 37.3 Å². The Morgan fingerprint density at radius 2 is 1.71 bits per heavy atom. The van der Waals surface area contributed by atoms with Gasteiger partial charge in [0, 0.05) is 20.1 Å². The van der Waals surface area contributed by atoms with Crippen LogP contribution in [0.4, 0.5) is 0 Å². The Hall–Kier alpha value is -2.71. The summed E-state index contributed by atoms with van der Waals surface area (Å²) < 4.78 is 32.3. The van der Waals surface area contributed by atoms with Crippen molar-refractivity contribution in [3.05, 3.63) is 65.7 Å². The molecule has 0 saturated carbocycles. The van der Waals surface area contributed by atoms with E-state index in [9.17, 15) is 18.0 Å². The number of nitrogens with zero attached hydrogens (tertiary/aromatic N) is 2. The van der Waals surface area contributed by atoms with Gasteiger partial charge in [-0.05, 0) is 43.5 Å². The Bertz CT molecular complexity index is 1020. The Morgan fingerprint density at radius 3 is 2.39 bits per heavy atom. The second-order valence-electron chi connectivity index (χ2n) is 7.66. The van der Waals surface area contributed by atoms with Gasteiger partial charge in [-0.25, -0.2) is 13.2 Å². The van der Waals surface area contributed by atoms with Gasteiger partial charge in [-0.2, -0.15) is 4.31 Å². The van der Waals surface area contributed by atoms with Crippen molar-refractivity contribution in [2.75, 3.05) is 26.7 Å². The van der Waals surface area contributed by atoms with Crippen LogP contribution in [0, 0.1) is 0 Å². The van der Waals surface area contributed by atoms with Crippen molar-refractivity contribution in [2.45, 2.75) is 37.1 Å². The Labute approximate surface area is 183 Å². The molecule has 0 spiro atoms. The third-order valence-electron chi connectivity index (χ3n) is 5.61. The number of rotatable bonds is 7. The van der Waals surface area contributed by atoms with Crippen molar-refractivity contribution in [3.63, 3.8) is 0 Å². The van der Waals surface area contributed by atoms with Crippen molar-refractivity contribution < 1.29 is 22.7 Å². The summed E-state index contributed by atoms with van der Waals surface area (Å²) in [5.74, 6) is -1.08. The highest BCUT2D eigenvalue weighted by molar-refractivity contribution is 7.89.